The normalized spacial score (nSPS) is 50.6. The molecule has 0 aromatic carbocycles. The minimum Gasteiger partial charge on any atom is -0.390 e. The number of allylic oxidation sites excluding steroid dienone is 1. The predicted molar refractivity (Wildman–Crippen MR) is 143 cm³/mol. The largest absolute Gasteiger partial charge is 0.390 e. The third kappa shape index (κ3) is 4.18. The summed E-state index contributed by atoms with van der Waals surface area (Å²) in [5, 5.41) is 44.2. The van der Waals surface area contributed by atoms with Crippen LogP contribution >= 0.6 is 0 Å². The number of fused-ring (bicyclic) bond motifs is 5. The van der Waals surface area contributed by atoms with Gasteiger partial charge in [0.1, 0.15) is 0 Å². The number of aliphatic hydroxyl groups excluding tert-OH is 2. The molecule has 0 aromatic rings. The fourth-order valence-electron chi connectivity index (χ4n) is 9.70. The zero-order chi connectivity index (χ0) is 28.1. The van der Waals surface area contributed by atoms with Crippen molar-refractivity contribution in [3.8, 4) is 0 Å². The van der Waals surface area contributed by atoms with Gasteiger partial charge in [0.15, 0.2) is 11.6 Å². The Morgan fingerprint density at radius 1 is 1.03 bits per heavy atom. The van der Waals surface area contributed by atoms with Crippen LogP contribution in [0.3, 0.4) is 0 Å². The molecule has 216 valence electrons. The van der Waals surface area contributed by atoms with Crippen LogP contribution < -0.4 is 0 Å². The van der Waals surface area contributed by atoms with E-state index in [-0.39, 0.29) is 36.1 Å². The van der Waals surface area contributed by atoms with E-state index in [4.69, 9.17) is 9.47 Å². The first kappa shape index (κ1) is 28.7. The van der Waals surface area contributed by atoms with Gasteiger partial charge in [-0.1, -0.05) is 13.8 Å². The Labute approximate surface area is 228 Å². The van der Waals surface area contributed by atoms with Crippen molar-refractivity contribution in [1.82, 2.24) is 0 Å². The van der Waals surface area contributed by atoms with Gasteiger partial charge in [-0.25, -0.2) is 0 Å². The van der Waals surface area contributed by atoms with Crippen LogP contribution in [-0.2, 0) is 14.3 Å². The lowest BCUT2D eigenvalue weighted by molar-refractivity contribution is -0.224. The van der Waals surface area contributed by atoms with Crippen LogP contribution in [-0.4, -0.2) is 67.1 Å². The summed E-state index contributed by atoms with van der Waals surface area (Å²) in [7, 11) is 0. The number of carbonyl (C=O) groups is 1. The lowest BCUT2D eigenvalue weighted by Gasteiger charge is -2.65. The third-order valence-corrected chi connectivity index (χ3v) is 11.6. The highest BCUT2D eigenvalue weighted by Gasteiger charge is 2.69. The molecule has 5 rings (SSSR count). The number of carbonyl (C=O) groups excluding carboxylic acids is 1. The number of hydrogen-bond donors (Lipinski definition) is 4. The Morgan fingerprint density at radius 2 is 1.71 bits per heavy atom. The topological polar surface area (TPSA) is 116 Å². The van der Waals surface area contributed by atoms with E-state index in [2.05, 4.69) is 20.8 Å². The van der Waals surface area contributed by atoms with Crippen molar-refractivity contribution >= 4 is 5.78 Å². The molecule has 7 nitrogen and oxygen atoms in total. The van der Waals surface area contributed by atoms with Crippen molar-refractivity contribution in [3.05, 3.63) is 11.6 Å². The quantitative estimate of drug-likeness (QED) is 0.430. The second kappa shape index (κ2) is 8.83. The Hall–Kier alpha value is -0.830. The molecule has 0 amide bonds. The first-order valence-corrected chi connectivity index (χ1v) is 14.8. The smallest absolute Gasteiger partial charge is 0.164 e. The molecule has 0 radical (unpaired) electrons. The van der Waals surface area contributed by atoms with E-state index in [1.807, 2.05) is 27.7 Å². The van der Waals surface area contributed by atoms with Crippen molar-refractivity contribution in [2.24, 2.45) is 28.6 Å². The van der Waals surface area contributed by atoms with Gasteiger partial charge in [0.25, 0.3) is 0 Å². The van der Waals surface area contributed by atoms with Crippen molar-refractivity contribution in [2.45, 2.75) is 147 Å². The maximum Gasteiger partial charge on any atom is 0.164 e. The van der Waals surface area contributed by atoms with Gasteiger partial charge in [0.05, 0.1) is 35.1 Å². The zero-order valence-electron chi connectivity index (χ0n) is 24.4. The predicted octanol–water partition coefficient (Wildman–Crippen LogP) is 4.04. The molecular weight excluding hydrogens is 484 g/mol. The van der Waals surface area contributed by atoms with Crippen LogP contribution in [0.25, 0.3) is 0 Å². The van der Waals surface area contributed by atoms with Gasteiger partial charge in [0, 0.05) is 11.3 Å². The van der Waals surface area contributed by atoms with Crippen molar-refractivity contribution < 1.29 is 34.7 Å². The van der Waals surface area contributed by atoms with Gasteiger partial charge in [-0.05, 0) is 121 Å². The summed E-state index contributed by atoms with van der Waals surface area (Å²) >= 11 is 0. The molecule has 4 fully saturated rings. The molecule has 1 aliphatic heterocycles. The maximum absolute atomic E-state index is 13.5. The first-order chi connectivity index (χ1) is 17.4. The molecule has 1 heterocycles. The number of hydrogen-bond acceptors (Lipinski definition) is 7. The van der Waals surface area contributed by atoms with E-state index in [0.717, 1.165) is 31.3 Å². The zero-order valence-corrected chi connectivity index (χ0v) is 24.4. The highest BCUT2D eigenvalue weighted by Crippen LogP contribution is 2.68. The summed E-state index contributed by atoms with van der Waals surface area (Å²) in [6.07, 6.45) is 5.51. The molecule has 0 unspecified atom stereocenters. The van der Waals surface area contributed by atoms with Crippen LogP contribution in [0.4, 0.5) is 0 Å². The third-order valence-electron chi connectivity index (χ3n) is 11.6. The van der Waals surface area contributed by atoms with E-state index in [9.17, 15) is 25.2 Å². The molecule has 0 spiro atoms. The minimum atomic E-state index is -1.16. The molecule has 3 saturated carbocycles. The van der Waals surface area contributed by atoms with Gasteiger partial charge in [-0.3, -0.25) is 4.79 Å². The SMILES string of the molecule is CC(C)(O)CC[C@H]1OC(C)(C)O[C@]1(C)[C@H]1CCC[C@@]2(O)C3=CC(=O)[C@@H]4C[C@@H](O)[C@H](O)C[C@]4(C)[C@H]3CC[C@@]12C. The minimum absolute atomic E-state index is 0.0106. The summed E-state index contributed by atoms with van der Waals surface area (Å²) in [5.74, 6) is -1.16. The summed E-state index contributed by atoms with van der Waals surface area (Å²) in [6.45, 7) is 13.9. The molecule has 10 atom stereocenters. The highest BCUT2D eigenvalue weighted by atomic mass is 16.8. The highest BCUT2D eigenvalue weighted by molar-refractivity contribution is 5.95. The Morgan fingerprint density at radius 3 is 2.37 bits per heavy atom. The van der Waals surface area contributed by atoms with Gasteiger partial charge in [0.2, 0.25) is 0 Å². The van der Waals surface area contributed by atoms with Crippen molar-refractivity contribution in [2.75, 3.05) is 0 Å². The number of ether oxygens (including phenoxy) is 2. The average molecular weight is 535 g/mol. The summed E-state index contributed by atoms with van der Waals surface area (Å²) in [6, 6.07) is 0. The number of rotatable bonds is 4. The van der Waals surface area contributed by atoms with Crippen LogP contribution in [0.5, 0.6) is 0 Å². The van der Waals surface area contributed by atoms with E-state index in [0.29, 0.717) is 25.7 Å². The molecular formula is C31H50O7. The molecule has 7 heteroatoms. The lowest BCUT2D eigenvalue weighted by atomic mass is 9.41. The van der Waals surface area contributed by atoms with Gasteiger partial charge in [-0.2, -0.15) is 0 Å². The van der Waals surface area contributed by atoms with Crippen LogP contribution in [0.1, 0.15) is 106 Å². The van der Waals surface area contributed by atoms with E-state index in [1.165, 1.54) is 0 Å². The summed E-state index contributed by atoms with van der Waals surface area (Å²) in [4.78, 5) is 13.5. The van der Waals surface area contributed by atoms with E-state index < -0.39 is 45.6 Å². The van der Waals surface area contributed by atoms with Gasteiger partial charge < -0.3 is 29.9 Å². The van der Waals surface area contributed by atoms with Gasteiger partial charge >= 0.3 is 0 Å². The molecule has 0 aromatic heterocycles. The van der Waals surface area contributed by atoms with Crippen LogP contribution in [0, 0.1) is 28.6 Å². The lowest BCUT2D eigenvalue weighted by Crippen LogP contribution is -2.67. The van der Waals surface area contributed by atoms with Gasteiger partial charge in [-0.15, -0.1) is 0 Å². The fraction of sp³-hybridized carbons (Fsp3) is 0.903. The standard InChI is InChI=1S/C31H50O7/c1-26(2,35)13-11-25-30(7,38-27(3,4)37-25)24-9-8-12-31(36)19-15-21(32)20-16-22(33)23(34)17-28(20,5)18(19)10-14-29(24,31)6/h15,18,20,22-25,33-36H,8-14,16-17H2,1-7H3/t18-,20-,22+,23+,24-,25+,28+,29-,30+,31+/m0/s1. The van der Waals surface area contributed by atoms with Crippen LogP contribution in [0.15, 0.2) is 11.6 Å². The summed E-state index contributed by atoms with van der Waals surface area (Å²) < 4.78 is 13.2. The summed E-state index contributed by atoms with van der Waals surface area (Å²) in [5.41, 5.74) is -2.83. The molecule has 5 aliphatic rings. The number of ketones is 1. The van der Waals surface area contributed by atoms with Crippen LogP contribution in [0.2, 0.25) is 0 Å². The molecule has 1 saturated heterocycles. The van der Waals surface area contributed by atoms with E-state index >= 15 is 0 Å². The molecule has 38 heavy (non-hydrogen) atoms. The fourth-order valence-corrected chi connectivity index (χ4v) is 9.70. The number of aliphatic hydroxyl groups is 4. The Bertz CT molecular complexity index is 999. The first-order valence-electron chi connectivity index (χ1n) is 14.8. The van der Waals surface area contributed by atoms with Crippen molar-refractivity contribution in [3.63, 3.8) is 0 Å². The Balaban J connectivity index is 1.53. The second-order valence-corrected chi connectivity index (χ2v) is 15.1. The monoisotopic (exact) mass is 534 g/mol. The second-order valence-electron chi connectivity index (χ2n) is 15.1. The Kier molecular flexibility index (Phi) is 6.67. The molecule has 0 bridgehead atoms. The molecule has 4 aliphatic carbocycles. The molecule has 4 N–H and O–H groups in total. The van der Waals surface area contributed by atoms with Crippen molar-refractivity contribution in [1.29, 1.82) is 0 Å². The average Bonchev–Trinajstić information content (AvgIpc) is 3.02. The van der Waals surface area contributed by atoms with E-state index in [1.54, 1.807) is 6.08 Å². The maximum atomic E-state index is 13.5.